The SMILES string of the molecule is CCN(CC(N)=S)Cc1ccc(Cl)cc1F. The Labute approximate surface area is 105 Å². The van der Waals surface area contributed by atoms with Gasteiger partial charge in [-0.1, -0.05) is 36.8 Å². The summed E-state index contributed by atoms with van der Waals surface area (Å²) in [5.41, 5.74) is 6.06. The summed E-state index contributed by atoms with van der Waals surface area (Å²) < 4.78 is 13.5. The Morgan fingerprint density at radius 3 is 2.75 bits per heavy atom. The molecular weight excluding hydrogens is 247 g/mol. The second-order valence-corrected chi connectivity index (χ2v) is 4.47. The zero-order chi connectivity index (χ0) is 12.1. The number of benzene rings is 1. The predicted octanol–water partition coefficient (Wildman–Crippen LogP) is 2.59. The lowest BCUT2D eigenvalue weighted by Gasteiger charge is -2.19. The molecule has 0 aliphatic rings. The summed E-state index contributed by atoms with van der Waals surface area (Å²) in [5.74, 6) is -0.297. The summed E-state index contributed by atoms with van der Waals surface area (Å²) in [6, 6.07) is 4.67. The number of halogens is 2. The quantitative estimate of drug-likeness (QED) is 0.826. The number of hydrogen-bond acceptors (Lipinski definition) is 2. The fraction of sp³-hybridized carbons (Fsp3) is 0.364. The number of likely N-dealkylation sites (N-methyl/N-ethyl adjacent to an activating group) is 1. The lowest BCUT2D eigenvalue weighted by atomic mass is 10.2. The normalized spacial score (nSPS) is 10.8. The van der Waals surface area contributed by atoms with E-state index in [-0.39, 0.29) is 5.82 Å². The largest absolute Gasteiger partial charge is 0.392 e. The molecule has 0 aliphatic heterocycles. The fourth-order valence-corrected chi connectivity index (χ4v) is 1.73. The van der Waals surface area contributed by atoms with Crippen LogP contribution in [-0.4, -0.2) is 23.0 Å². The highest BCUT2D eigenvalue weighted by Gasteiger charge is 2.09. The molecule has 16 heavy (non-hydrogen) atoms. The van der Waals surface area contributed by atoms with Crippen molar-refractivity contribution in [3.63, 3.8) is 0 Å². The number of hydrogen-bond donors (Lipinski definition) is 1. The lowest BCUT2D eigenvalue weighted by Crippen LogP contribution is -2.32. The molecular formula is C11H14ClFN2S. The lowest BCUT2D eigenvalue weighted by molar-refractivity contribution is 0.315. The summed E-state index contributed by atoms with van der Waals surface area (Å²) in [4.78, 5) is 2.38. The molecule has 1 rings (SSSR count). The number of nitrogens with zero attached hydrogens (tertiary/aromatic N) is 1. The van der Waals surface area contributed by atoms with Gasteiger partial charge in [-0.05, 0) is 18.7 Å². The van der Waals surface area contributed by atoms with E-state index in [2.05, 4.69) is 0 Å². The molecule has 2 N–H and O–H groups in total. The van der Waals surface area contributed by atoms with E-state index in [0.717, 1.165) is 6.54 Å². The Kier molecular flexibility index (Phi) is 5.12. The zero-order valence-corrected chi connectivity index (χ0v) is 10.6. The van der Waals surface area contributed by atoms with Gasteiger partial charge >= 0.3 is 0 Å². The van der Waals surface area contributed by atoms with Gasteiger partial charge in [0.1, 0.15) is 5.82 Å². The third-order valence-electron chi connectivity index (χ3n) is 2.24. The van der Waals surface area contributed by atoms with E-state index >= 15 is 0 Å². The minimum absolute atomic E-state index is 0.297. The van der Waals surface area contributed by atoms with Crippen LogP contribution in [0.25, 0.3) is 0 Å². The van der Waals surface area contributed by atoms with E-state index in [4.69, 9.17) is 29.6 Å². The van der Waals surface area contributed by atoms with E-state index in [1.165, 1.54) is 6.07 Å². The Hall–Kier alpha value is -0.710. The van der Waals surface area contributed by atoms with Gasteiger partial charge < -0.3 is 5.73 Å². The van der Waals surface area contributed by atoms with Gasteiger partial charge in [0.2, 0.25) is 0 Å². The van der Waals surface area contributed by atoms with Crippen LogP contribution < -0.4 is 5.73 Å². The highest BCUT2D eigenvalue weighted by Crippen LogP contribution is 2.16. The van der Waals surface area contributed by atoms with Crippen molar-refractivity contribution in [2.75, 3.05) is 13.1 Å². The predicted molar refractivity (Wildman–Crippen MR) is 69.1 cm³/mol. The molecule has 0 radical (unpaired) electrons. The van der Waals surface area contributed by atoms with E-state index in [1.807, 2.05) is 11.8 Å². The van der Waals surface area contributed by atoms with Crippen LogP contribution >= 0.6 is 23.8 Å². The highest BCUT2D eigenvalue weighted by atomic mass is 35.5. The molecule has 0 atom stereocenters. The van der Waals surface area contributed by atoms with Gasteiger partial charge in [-0.3, -0.25) is 4.90 Å². The number of thiocarbonyl (C=S) groups is 1. The Bertz CT molecular complexity index is 384. The van der Waals surface area contributed by atoms with Gasteiger partial charge in [-0.2, -0.15) is 0 Å². The molecule has 0 bridgehead atoms. The first-order chi connectivity index (χ1) is 7.52. The average Bonchev–Trinajstić information content (AvgIpc) is 2.20. The van der Waals surface area contributed by atoms with Crippen LogP contribution in [0.2, 0.25) is 5.02 Å². The van der Waals surface area contributed by atoms with Crippen molar-refractivity contribution in [3.05, 3.63) is 34.6 Å². The molecule has 1 aromatic carbocycles. The first-order valence-corrected chi connectivity index (χ1v) is 5.76. The number of rotatable bonds is 5. The molecule has 5 heteroatoms. The molecule has 0 amide bonds. The third kappa shape index (κ3) is 4.04. The van der Waals surface area contributed by atoms with E-state index < -0.39 is 0 Å². The Balaban J connectivity index is 2.73. The molecule has 0 saturated carbocycles. The molecule has 2 nitrogen and oxygen atoms in total. The third-order valence-corrected chi connectivity index (χ3v) is 2.60. The van der Waals surface area contributed by atoms with Gasteiger partial charge in [0.15, 0.2) is 0 Å². The van der Waals surface area contributed by atoms with Gasteiger partial charge in [-0.15, -0.1) is 0 Å². The Morgan fingerprint density at radius 2 is 2.25 bits per heavy atom. The highest BCUT2D eigenvalue weighted by molar-refractivity contribution is 7.80. The van der Waals surface area contributed by atoms with Crippen molar-refractivity contribution in [1.29, 1.82) is 0 Å². The second kappa shape index (κ2) is 6.13. The van der Waals surface area contributed by atoms with Gasteiger partial charge in [-0.25, -0.2) is 4.39 Å². The van der Waals surface area contributed by atoms with Crippen LogP contribution in [0.15, 0.2) is 18.2 Å². The van der Waals surface area contributed by atoms with Gasteiger partial charge in [0.05, 0.1) is 4.99 Å². The molecule has 0 unspecified atom stereocenters. The van der Waals surface area contributed by atoms with Crippen molar-refractivity contribution in [1.82, 2.24) is 4.90 Å². The van der Waals surface area contributed by atoms with Crippen LogP contribution in [0, 0.1) is 5.82 Å². The molecule has 1 aromatic rings. The fourth-order valence-electron chi connectivity index (χ4n) is 1.39. The minimum Gasteiger partial charge on any atom is -0.392 e. The molecule has 0 aliphatic carbocycles. The van der Waals surface area contributed by atoms with Crippen molar-refractivity contribution >= 4 is 28.8 Å². The maximum absolute atomic E-state index is 13.5. The first kappa shape index (κ1) is 13.4. The van der Waals surface area contributed by atoms with Crippen LogP contribution in [0.1, 0.15) is 12.5 Å². The van der Waals surface area contributed by atoms with Crippen LogP contribution in [0.4, 0.5) is 4.39 Å². The standard InChI is InChI=1S/C11H14ClFN2S/c1-2-15(7-11(14)16)6-8-3-4-9(12)5-10(8)13/h3-5H,2,6-7H2,1H3,(H2,14,16). The molecule has 0 fully saturated rings. The topological polar surface area (TPSA) is 29.3 Å². The van der Waals surface area contributed by atoms with E-state index in [1.54, 1.807) is 12.1 Å². The van der Waals surface area contributed by atoms with Gasteiger partial charge in [0, 0.05) is 23.7 Å². The summed E-state index contributed by atoms with van der Waals surface area (Å²) >= 11 is 10.5. The van der Waals surface area contributed by atoms with Crippen molar-refractivity contribution in [2.24, 2.45) is 5.73 Å². The smallest absolute Gasteiger partial charge is 0.129 e. The monoisotopic (exact) mass is 260 g/mol. The van der Waals surface area contributed by atoms with E-state index in [9.17, 15) is 4.39 Å². The van der Waals surface area contributed by atoms with Crippen LogP contribution in [-0.2, 0) is 6.54 Å². The van der Waals surface area contributed by atoms with E-state index in [0.29, 0.717) is 28.7 Å². The number of nitrogens with two attached hydrogens (primary N) is 1. The van der Waals surface area contributed by atoms with Crippen molar-refractivity contribution in [3.8, 4) is 0 Å². The summed E-state index contributed by atoms with van der Waals surface area (Å²) in [6.07, 6.45) is 0. The van der Waals surface area contributed by atoms with Crippen molar-refractivity contribution in [2.45, 2.75) is 13.5 Å². The molecule has 0 spiro atoms. The zero-order valence-electron chi connectivity index (χ0n) is 9.04. The first-order valence-electron chi connectivity index (χ1n) is 4.97. The summed E-state index contributed by atoms with van der Waals surface area (Å²) in [7, 11) is 0. The molecule has 88 valence electrons. The maximum Gasteiger partial charge on any atom is 0.129 e. The van der Waals surface area contributed by atoms with Crippen LogP contribution in [0.3, 0.4) is 0 Å². The summed E-state index contributed by atoms with van der Waals surface area (Å²) in [6.45, 7) is 3.72. The Morgan fingerprint density at radius 1 is 1.56 bits per heavy atom. The van der Waals surface area contributed by atoms with Gasteiger partial charge in [0.25, 0.3) is 0 Å². The molecule has 0 aromatic heterocycles. The summed E-state index contributed by atoms with van der Waals surface area (Å²) in [5, 5.41) is 0.402. The minimum atomic E-state index is -0.297. The average molecular weight is 261 g/mol. The molecule has 0 heterocycles. The van der Waals surface area contributed by atoms with Crippen molar-refractivity contribution < 1.29 is 4.39 Å². The second-order valence-electron chi connectivity index (χ2n) is 3.51. The van der Waals surface area contributed by atoms with Crippen LogP contribution in [0.5, 0.6) is 0 Å². The molecule has 0 saturated heterocycles. The maximum atomic E-state index is 13.5.